The van der Waals surface area contributed by atoms with Crippen molar-refractivity contribution >= 4 is 5.69 Å². The maximum Gasteiger partial charge on any atom is 0.0670 e. The molecule has 1 N–H and O–H groups in total. The van der Waals surface area contributed by atoms with Gasteiger partial charge in [-0.2, -0.15) is 0 Å². The summed E-state index contributed by atoms with van der Waals surface area (Å²) in [7, 11) is 0. The van der Waals surface area contributed by atoms with E-state index < -0.39 is 0 Å². The molecule has 0 aromatic heterocycles. The van der Waals surface area contributed by atoms with E-state index in [4.69, 9.17) is 4.74 Å². The molecule has 0 radical (unpaired) electrons. The molecule has 1 atom stereocenters. The predicted octanol–water partition coefficient (Wildman–Crippen LogP) is 1.39. The van der Waals surface area contributed by atoms with Gasteiger partial charge in [-0.25, -0.2) is 0 Å². The molecule has 1 unspecified atom stereocenters. The highest BCUT2D eigenvalue weighted by Gasteiger charge is 2.25. The first-order chi connectivity index (χ1) is 7.95. The number of hydrogen-bond acceptors (Lipinski definition) is 3. The van der Waals surface area contributed by atoms with Crippen LogP contribution in [0.4, 0.5) is 5.69 Å². The summed E-state index contributed by atoms with van der Waals surface area (Å²) in [5.74, 6) is 0. The van der Waals surface area contributed by atoms with Crippen LogP contribution in [0.15, 0.2) is 24.3 Å². The lowest BCUT2D eigenvalue weighted by atomic mass is 10.1. The molecule has 3 nitrogen and oxygen atoms in total. The summed E-state index contributed by atoms with van der Waals surface area (Å²) in [5, 5.41) is 3.47. The van der Waals surface area contributed by atoms with Crippen molar-refractivity contribution < 1.29 is 4.74 Å². The first-order valence-corrected chi connectivity index (χ1v) is 6.08. The Bertz CT molecular complexity index is 361. The van der Waals surface area contributed by atoms with E-state index in [2.05, 4.69) is 34.5 Å². The van der Waals surface area contributed by atoms with Gasteiger partial charge >= 0.3 is 0 Å². The SMILES string of the molecule is c1ccc2c(c1)CNCCN2C1CCOC1. The molecule has 1 saturated heterocycles. The van der Waals surface area contributed by atoms with E-state index in [-0.39, 0.29) is 0 Å². The van der Waals surface area contributed by atoms with Gasteiger partial charge in [-0.3, -0.25) is 0 Å². The van der Waals surface area contributed by atoms with Gasteiger partial charge in [0, 0.05) is 31.9 Å². The van der Waals surface area contributed by atoms with E-state index in [0.717, 1.165) is 39.3 Å². The molecule has 0 saturated carbocycles. The third kappa shape index (κ3) is 1.81. The number of nitrogens with zero attached hydrogens (tertiary/aromatic N) is 1. The summed E-state index contributed by atoms with van der Waals surface area (Å²) < 4.78 is 5.50. The Hall–Kier alpha value is -1.06. The van der Waals surface area contributed by atoms with Gasteiger partial charge in [0.15, 0.2) is 0 Å². The van der Waals surface area contributed by atoms with Crippen LogP contribution in [0.5, 0.6) is 0 Å². The van der Waals surface area contributed by atoms with Gasteiger partial charge in [-0.15, -0.1) is 0 Å². The molecule has 1 aromatic rings. The standard InChI is InChI=1S/C13H18N2O/c1-2-4-13-11(3-1)9-14-6-7-15(13)12-5-8-16-10-12/h1-4,12,14H,5-10H2. The van der Waals surface area contributed by atoms with Gasteiger partial charge in [-0.05, 0) is 18.1 Å². The number of nitrogens with one attached hydrogen (secondary N) is 1. The molecule has 0 aliphatic carbocycles. The van der Waals surface area contributed by atoms with Gasteiger partial charge in [0.2, 0.25) is 0 Å². The third-order valence-corrected chi connectivity index (χ3v) is 3.49. The van der Waals surface area contributed by atoms with Crippen molar-refractivity contribution in [1.29, 1.82) is 0 Å². The van der Waals surface area contributed by atoms with Crippen LogP contribution in [0, 0.1) is 0 Å². The first-order valence-electron chi connectivity index (χ1n) is 6.08. The van der Waals surface area contributed by atoms with Gasteiger partial charge in [0.1, 0.15) is 0 Å². The van der Waals surface area contributed by atoms with Crippen molar-refractivity contribution in [2.24, 2.45) is 0 Å². The lowest BCUT2D eigenvalue weighted by Crippen LogP contribution is -2.38. The van der Waals surface area contributed by atoms with E-state index >= 15 is 0 Å². The van der Waals surface area contributed by atoms with Crippen molar-refractivity contribution in [1.82, 2.24) is 5.32 Å². The summed E-state index contributed by atoms with van der Waals surface area (Å²) in [4.78, 5) is 2.52. The number of rotatable bonds is 1. The van der Waals surface area contributed by atoms with Crippen LogP contribution in [0.1, 0.15) is 12.0 Å². The summed E-state index contributed by atoms with van der Waals surface area (Å²) >= 11 is 0. The Labute approximate surface area is 96.4 Å². The summed E-state index contributed by atoms with van der Waals surface area (Å²) in [6, 6.07) is 9.28. The van der Waals surface area contributed by atoms with E-state index in [0.29, 0.717) is 6.04 Å². The lowest BCUT2D eigenvalue weighted by molar-refractivity contribution is 0.193. The zero-order chi connectivity index (χ0) is 10.8. The molecule has 3 rings (SSSR count). The van der Waals surface area contributed by atoms with Gasteiger partial charge in [-0.1, -0.05) is 18.2 Å². The second-order valence-electron chi connectivity index (χ2n) is 4.52. The maximum atomic E-state index is 5.50. The molecule has 2 aliphatic rings. The molecule has 0 spiro atoms. The molecule has 2 heterocycles. The molecule has 0 bridgehead atoms. The Balaban J connectivity index is 1.92. The molecular formula is C13H18N2O. The smallest absolute Gasteiger partial charge is 0.0670 e. The van der Waals surface area contributed by atoms with Gasteiger partial charge in [0.05, 0.1) is 12.6 Å². The number of para-hydroxylation sites is 1. The van der Waals surface area contributed by atoms with E-state index in [1.165, 1.54) is 11.3 Å². The van der Waals surface area contributed by atoms with Gasteiger partial charge < -0.3 is 15.0 Å². The fraction of sp³-hybridized carbons (Fsp3) is 0.538. The Morgan fingerprint density at radius 2 is 2.25 bits per heavy atom. The van der Waals surface area contributed by atoms with E-state index in [1.807, 2.05) is 0 Å². The number of anilines is 1. The van der Waals surface area contributed by atoms with E-state index in [9.17, 15) is 0 Å². The molecule has 86 valence electrons. The van der Waals surface area contributed by atoms with Crippen molar-refractivity contribution in [2.45, 2.75) is 19.0 Å². The van der Waals surface area contributed by atoms with Crippen molar-refractivity contribution in [3.05, 3.63) is 29.8 Å². The average Bonchev–Trinajstić information content (AvgIpc) is 2.76. The highest BCUT2D eigenvalue weighted by Crippen LogP contribution is 2.26. The van der Waals surface area contributed by atoms with Crippen LogP contribution in [0.2, 0.25) is 0 Å². The fourth-order valence-electron chi connectivity index (χ4n) is 2.63. The van der Waals surface area contributed by atoms with Gasteiger partial charge in [0.25, 0.3) is 0 Å². The molecular weight excluding hydrogens is 200 g/mol. The van der Waals surface area contributed by atoms with E-state index in [1.54, 1.807) is 0 Å². The average molecular weight is 218 g/mol. The number of ether oxygens (including phenoxy) is 1. The molecule has 16 heavy (non-hydrogen) atoms. The van der Waals surface area contributed by atoms with Crippen LogP contribution in [-0.4, -0.2) is 32.3 Å². The monoisotopic (exact) mass is 218 g/mol. The lowest BCUT2D eigenvalue weighted by Gasteiger charge is -2.30. The quantitative estimate of drug-likeness (QED) is 0.771. The van der Waals surface area contributed by atoms with Crippen LogP contribution in [0.25, 0.3) is 0 Å². The van der Waals surface area contributed by atoms with Crippen LogP contribution < -0.4 is 10.2 Å². The zero-order valence-corrected chi connectivity index (χ0v) is 9.48. The maximum absolute atomic E-state index is 5.50. The Morgan fingerprint density at radius 1 is 1.31 bits per heavy atom. The summed E-state index contributed by atoms with van der Waals surface area (Å²) in [6.45, 7) is 4.93. The molecule has 1 fully saturated rings. The second kappa shape index (κ2) is 4.44. The predicted molar refractivity (Wildman–Crippen MR) is 64.7 cm³/mol. The first kappa shape index (κ1) is 10.1. The Kier molecular flexibility index (Phi) is 2.80. The van der Waals surface area contributed by atoms with Crippen LogP contribution in [-0.2, 0) is 11.3 Å². The second-order valence-corrected chi connectivity index (χ2v) is 4.52. The Morgan fingerprint density at radius 3 is 3.12 bits per heavy atom. The summed E-state index contributed by atoms with van der Waals surface area (Å²) in [6.07, 6.45) is 1.16. The molecule has 2 aliphatic heterocycles. The fourth-order valence-corrected chi connectivity index (χ4v) is 2.63. The van der Waals surface area contributed by atoms with Crippen LogP contribution >= 0.6 is 0 Å². The highest BCUT2D eigenvalue weighted by atomic mass is 16.5. The van der Waals surface area contributed by atoms with Crippen LogP contribution in [0.3, 0.4) is 0 Å². The highest BCUT2D eigenvalue weighted by molar-refractivity contribution is 5.55. The number of hydrogen-bond donors (Lipinski definition) is 1. The normalized spacial score (nSPS) is 25.2. The number of fused-ring (bicyclic) bond motifs is 1. The summed E-state index contributed by atoms with van der Waals surface area (Å²) in [5.41, 5.74) is 2.80. The molecule has 1 aromatic carbocycles. The number of benzene rings is 1. The minimum absolute atomic E-state index is 0.570. The molecule has 0 amide bonds. The minimum Gasteiger partial charge on any atom is -0.379 e. The third-order valence-electron chi connectivity index (χ3n) is 3.49. The van der Waals surface area contributed by atoms with Crippen molar-refractivity contribution in [3.63, 3.8) is 0 Å². The molecule has 3 heteroatoms. The minimum atomic E-state index is 0.570. The van der Waals surface area contributed by atoms with Crippen molar-refractivity contribution in [2.75, 3.05) is 31.2 Å². The zero-order valence-electron chi connectivity index (χ0n) is 9.48. The topological polar surface area (TPSA) is 24.5 Å². The van der Waals surface area contributed by atoms with Crippen molar-refractivity contribution in [3.8, 4) is 0 Å². The largest absolute Gasteiger partial charge is 0.379 e.